The minimum atomic E-state index is 0.865. The minimum Gasteiger partial charge on any atom is -0.299 e. The Kier molecular flexibility index (Phi) is 2.67. The monoisotopic (exact) mass is 138 g/mol. The van der Waals surface area contributed by atoms with Crippen molar-refractivity contribution < 1.29 is 4.79 Å². The summed E-state index contributed by atoms with van der Waals surface area (Å²) in [5, 5.41) is 0. The Hall–Kier alpha value is -0.590. The van der Waals surface area contributed by atoms with Gasteiger partial charge < -0.3 is 0 Å². The van der Waals surface area contributed by atoms with E-state index in [2.05, 4.69) is 6.92 Å². The molecule has 1 nitrogen and oxygen atoms in total. The molecule has 0 aromatic heterocycles. The molecule has 1 fully saturated rings. The Morgan fingerprint density at radius 3 is 2.50 bits per heavy atom. The lowest BCUT2D eigenvalue weighted by atomic mass is 9.87. The van der Waals surface area contributed by atoms with Gasteiger partial charge in [-0.1, -0.05) is 12.5 Å². The molecule has 0 bridgehead atoms. The van der Waals surface area contributed by atoms with Gasteiger partial charge in [-0.2, -0.15) is 0 Å². The lowest BCUT2D eigenvalue weighted by Gasteiger charge is -2.19. The molecule has 0 N–H and O–H groups in total. The van der Waals surface area contributed by atoms with Crippen molar-refractivity contribution in [3.05, 3.63) is 11.6 Å². The summed E-state index contributed by atoms with van der Waals surface area (Å²) in [4.78, 5) is 10.1. The molecular weight excluding hydrogens is 124 g/mol. The highest BCUT2D eigenvalue weighted by Crippen LogP contribution is 2.26. The molecule has 0 saturated heterocycles. The summed E-state index contributed by atoms with van der Waals surface area (Å²) in [5.41, 5.74) is 1.34. The van der Waals surface area contributed by atoms with E-state index < -0.39 is 0 Å². The largest absolute Gasteiger partial charge is 0.299 e. The molecule has 1 saturated carbocycles. The molecule has 0 spiro atoms. The maximum atomic E-state index is 10.1. The van der Waals surface area contributed by atoms with Gasteiger partial charge in [0.2, 0.25) is 0 Å². The van der Waals surface area contributed by atoms with Crippen LogP contribution in [0.2, 0.25) is 0 Å². The van der Waals surface area contributed by atoms with Crippen LogP contribution < -0.4 is 0 Å². The van der Waals surface area contributed by atoms with Crippen LogP contribution in [0.5, 0.6) is 0 Å². The van der Waals surface area contributed by atoms with Crippen molar-refractivity contribution in [2.45, 2.75) is 32.6 Å². The van der Waals surface area contributed by atoms with Gasteiger partial charge in [0.1, 0.15) is 6.29 Å². The van der Waals surface area contributed by atoms with E-state index in [0.717, 1.165) is 25.0 Å². The lowest BCUT2D eigenvalue weighted by Crippen LogP contribution is -2.03. The van der Waals surface area contributed by atoms with Crippen molar-refractivity contribution in [3.63, 3.8) is 0 Å². The third kappa shape index (κ3) is 1.98. The van der Waals surface area contributed by atoms with E-state index in [9.17, 15) is 4.79 Å². The van der Waals surface area contributed by atoms with Crippen LogP contribution in [0.4, 0.5) is 0 Å². The van der Waals surface area contributed by atoms with Crippen molar-refractivity contribution in [2.75, 3.05) is 0 Å². The Morgan fingerprint density at radius 1 is 1.40 bits per heavy atom. The molecule has 1 aliphatic rings. The second kappa shape index (κ2) is 3.55. The molecule has 0 radical (unpaired) electrons. The first-order valence-corrected chi connectivity index (χ1v) is 3.96. The number of hydrogen-bond acceptors (Lipinski definition) is 1. The summed E-state index contributed by atoms with van der Waals surface area (Å²) < 4.78 is 0. The number of aldehydes is 1. The molecule has 0 heterocycles. The van der Waals surface area contributed by atoms with E-state index in [1.165, 1.54) is 18.4 Å². The molecule has 1 rings (SSSR count). The SMILES string of the molecule is CC1CCC(=CC=O)CC1. The van der Waals surface area contributed by atoms with Crippen molar-refractivity contribution >= 4 is 6.29 Å². The fourth-order valence-electron chi connectivity index (χ4n) is 1.40. The Labute approximate surface area is 62.1 Å². The second-order valence-corrected chi connectivity index (χ2v) is 3.14. The van der Waals surface area contributed by atoms with E-state index >= 15 is 0 Å². The summed E-state index contributed by atoms with van der Waals surface area (Å²) >= 11 is 0. The topological polar surface area (TPSA) is 17.1 Å². The summed E-state index contributed by atoms with van der Waals surface area (Å²) in [6.45, 7) is 2.28. The highest BCUT2D eigenvalue weighted by Gasteiger charge is 2.10. The van der Waals surface area contributed by atoms with Gasteiger partial charge in [-0.05, 0) is 37.7 Å². The molecule has 56 valence electrons. The first-order valence-electron chi connectivity index (χ1n) is 3.96. The van der Waals surface area contributed by atoms with Crippen LogP contribution in [0.3, 0.4) is 0 Å². The third-order valence-electron chi connectivity index (χ3n) is 2.22. The zero-order chi connectivity index (χ0) is 7.40. The summed E-state index contributed by atoms with van der Waals surface area (Å²) in [6, 6.07) is 0. The molecule has 10 heavy (non-hydrogen) atoms. The van der Waals surface area contributed by atoms with E-state index in [0.29, 0.717) is 0 Å². The number of rotatable bonds is 1. The summed E-state index contributed by atoms with van der Waals surface area (Å²) in [5.74, 6) is 0.865. The molecule has 0 aromatic rings. The van der Waals surface area contributed by atoms with Gasteiger partial charge >= 0.3 is 0 Å². The molecule has 0 aliphatic heterocycles. The average molecular weight is 138 g/mol. The minimum absolute atomic E-state index is 0.865. The van der Waals surface area contributed by atoms with Gasteiger partial charge in [-0.3, -0.25) is 4.79 Å². The van der Waals surface area contributed by atoms with Gasteiger partial charge in [0, 0.05) is 0 Å². The fourth-order valence-corrected chi connectivity index (χ4v) is 1.40. The van der Waals surface area contributed by atoms with Crippen molar-refractivity contribution in [3.8, 4) is 0 Å². The van der Waals surface area contributed by atoms with Crippen LogP contribution in [-0.2, 0) is 4.79 Å². The van der Waals surface area contributed by atoms with Crippen LogP contribution in [0.15, 0.2) is 11.6 Å². The first kappa shape index (κ1) is 7.52. The van der Waals surface area contributed by atoms with E-state index in [-0.39, 0.29) is 0 Å². The number of allylic oxidation sites excluding steroid dienone is 2. The van der Waals surface area contributed by atoms with Gasteiger partial charge in [0.05, 0.1) is 0 Å². The van der Waals surface area contributed by atoms with Gasteiger partial charge in [-0.15, -0.1) is 0 Å². The zero-order valence-electron chi connectivity index (χ0n) is 6.47. The maximum absolute atomic E-state index is 10.1. The maximum Gasteiger partial charge on any atom is 0.142 e. The van der Waals surface area contributed by atoms with Crippen molar-refractivity contribution in [1.29, 1.82) is 0 Å². The molecule has 0 amide bonds. The van der Waals surface area contributed by atoms with E-state index in [1.54, 1.807) is 6.08 Å². The lowest BCUT2D eigenvalue weighted by molar-refractivity contribution is -0.104. The molecule has 1 aliphatic carbocycles. The predicted molar refractivity (Wildman–Crippen MR) is 41.8 cm³/mol. The van der Waals surface area contributed by atoms with Crippen LogP contribution in [0, 0.1) is 5.92 Å². The van der Waals surface area contributed by atoms with Gasteiger partial charge in [0.15, 0.2) is 0 Å². The highest BCUT2D eigenvalue weighted by atomic mass is 16.1. The average Bonchev–Trinajstić information content (AvgIpc) is 1.95. The standard InChI is InChI=1S/C9H14O/c1-8-2-4-9(5-3-8)6-7-10/h6-8H,2-5H2,1H3. The van der Waals surface area contributed by atoms with Crippen LogP contribution >= 0.6 is 0 Å². The number of carbonyl (C=O) groups excluding carboxylic acids is 1. The highest BCUT2D eigenvalue weighted by molar-refractivity contribution is 5.66. The van der Waals surface area contributed by atoms with Crippen molar-refractivity contribution in [2.24, 2.45) is 5.92 Å². The van der Waals surface area contributed by atoms with Gasteiger partial charge in [0.25, 0.3) is 0 Å². The molecular formula is C9H14O. The smallest absolute Gasteiger partial charge is 0.142 e. The third-order valence-corrected chi connectivity index (χ3v) is 2.22. The van der Waals surface area contributed by atoms with Crippen molar-refractivity contribution in [1.82, 2.24) is 0 Å². The van der Waals surface area contributed by atoms with E-state index in [4.69, 9.17) is 0 Å². The second-order valence-electron chi connectivity index (χ2n) is 3.14. The Morgan fingerprint density at radius 2 is 2.00 bits per heavy atom. The summed E-state index contributed by atoms with van der Waals surface area (Å²) in [6.07, 6.45) is 7.44. The van der Waals surface area contributed by atoms with Crippen LogP contribution in [0.25, 0.3) is 0 Å². The fraction of sp³-hybridized carbons (Fsp3) is 0.667. The first-order chi connectivity index (χ1) is 4.83. The van der Waals surface area contributed by atoms with Crippen LogP contribution in [-0.4, -0.2) is 6.29 Å². The Balaban J connectivity index is 2.39. The number of hydrogen-bond donors (Lipinski definition) is 0. The molecule has 0 aromatic carbocycles. The molecule has 0 atom stereocenters. The normalized spacial score (nSPS) is 26.1. The molecule has 0 unspecified atom stereocenters. The zero-order valence-corrected chi connectivity index (χ0v) is 6.47. The number of carbonyl (C=O) groups is 1. The Bertz CT molecular complexity index is 137. The molecule has 1 heteroatoms. The predicted octanol–water partition coefficient (Wildman–Crippen LogP) is 2.32. The summed E-state index contributed by atoms with van der Waals surface area (Å²) in [7, 11) is 0. The quantitative estimate of drug-likeness (QED) is 0.401. The van der Waals surface area contributed by atoms with Gasteiger partial charge in [-0.25, -0.2) is 0 Å². The van der Waals surface area contributed by atoms with E-state index in [1.807, 2.05) is 0 Å². The van der Waals surface area contributed by atoms with Crippen LogP contribution in [0.1, 0.15) is 32.6 Å².